The maximum atomic E-state index is 11.2. The third kappa shape index (κ3) is 6.82. The van der Waals surface area contributed by atoms with Crippen molar-refractivity contribution in [1.82, 2.24) is 15.6 Å². The molecular weight excluding hydrogens is 242 g/mol. The number of rotatable bonds is 7. The van der Waals surface area contributed by atoms with Crippen LogP contribution < -0.4 is 16.4 Å². The van der Waals surface area contributed by atoms with Gasteiger partial charge in [-0.1, -0.05) is 12.1 Å². The normalized spacial score (nSPS) is 10.8. The Bertz CT molecular complexity index is 430. The monoisotopic (exact) mass is 261 g/mol. The molecule has 0 fully saturated rings. The third-order valence-electron chi connectivity index (χ3n) is 2.25. The second-order valence-electron chi connectivity index (χ2n) is 3.79. The van der Waals surface area contributed by atoms with E-state index in [2.05, 4.69) is 27.2 Å². The van der Waals surface area contributed by atoms with E-state index in [1.165, 1.54) is 0 Å². The molecule has 19 heavy (non-hydrogen) atoms. The number of aromatic nitrogens is 1. The Morgan fingerprint density at radius 3 is 3.00 bits per heavy atom. The summed E-state index contributed by atoms with van der Waals surface area (Å²) in [5, 5.41) is 5.54. The highest BCUT2D eigenvalue weighted by Gasteiger charge is 1.98. The van der Waals surface area contributed by atoms with Crippen molar-refractivity contribution in [2.75, 3.05) is 19.6 Å². The number of nitrogens with two attached hydrogens (primary N) is 1. The van der Waals surface area contributed by atoms with E-state index in [9.17, 15) is 4.79 Å². The quantitative estimate of drug-likeness (QED) is 0.361. The van der Waals surface area contributed by atoms with Crippen LogP contribution in [0, 0.1) is 0 Å². The summed E-state index contributed by atoms with van der Waals surface area (Å²) in [4.78, 5) is 19.4. The Balaban J connectivity index is 2.21. The minimum absolute atomic E-state index is 0.0102. The lowest BCUT2D eigenvalue weighted by Gasteiger charge is -2.05. The van der Waals surface area contributed by atoms with Crippen LogP contribution in [0.25, 0.3) is 0 Å². The van der Waals surface area contributed by atoms with Crippen LogP contribution in [0.15, 0.2) is 42.0 Å². The smallest absolute Gasteiger partial charge is 0.242 e. The molecule has 0 aliphatic heterocycles. The highest BCUT2D eigenvalue weighted by molar-refractivity contribution is 5.83. The van der Waals surface area contributed by atoms with E-state index < -0.39 is 0 Å². The number of hydrogen-bond acceptors (Lipinski definition) is 3. The maximum absolute atomic E-state index is 11.2. The third-order valence-corrected chi connectivity index (χ3v) is 2.25. The number of pyridine rings is 1. The van der Waals surface area contributed by atoms with Gasteiger partial charge < -0.3 is 16.4 Å². The first-order valence-electron chi connectivity index (χ1n) is 6.03. The molecule has 1 heterocycles. The van der Waals surface area contributed by atoms with Crippen molar-refractivity contribution in [2.24, 2.45) is 10.7 Å². The van der Waals surface area contributed by atoms with E-state index in [0.29, 0.717) is 13.1 Å². The van der Waals surface area contributed by atoms with Crippen LogP contribution in [-0.4, -0.2) is 36.5 Å². The summed E-state index contributed by atoms with van der Waals surface area (Å²) in [5.74, 6) is 0.0686. The molecule has 1 aromatic heterocycles. The van der Waals surface area contributed by atoms with E-state index in [1.54, 1.807) is 12.3 Å². The Labute approximate surface area is 112 Å². The SMILES string of the molecule is C=CCNC(=O)CN=C(N)NCCc1ccccn1. The van der Waals surface area contributed by atoms with Gasteiger partial charge in [-0.15, -0.1) is 6.58 Å². The highest BCUT2D eigenvalue weighted by atomic mass is 16.1. The number of aliphatic imine (C=N–C) groups is 1. The van der Waals surface area contributed by atoms with E-state index in [1.807, 2.05) is 18.2 Å². The molecule has 0 aliphatic rings. The molecule has 0 radical (unpaired) electrons. The first kappa shape index (κ1) is 14.7. The van der Waals surface area contributed by atoms with Gasteiger partial charge in [0.15, 0.2) is 5.96 Å². The molecule has 1 aromatic rings. The average molecular weight is 261 g/mol. The van der Waals surface area contributed by atoms with Crippen molar-refractivity contribution in [3.8, 4) is 0 Å². The molecule has 0 aliphatic carbocycles. The van der Waals surface area contributed by atoms with Crippen molar-refractivity contribution >= 4 is 11.9 Å². The predicted molar refractivity (Wildman–Crippen MR) is 75.6 cm³/mol. The molecule has 6 heteroatoms. The molecule has 0 saturated carbocycles. The average Bonchev–Trinajstić information content (AvgIpc) is 2.44. The van der Waals surface area contributed by atoms with Crippen molar-refractivity contribution in [2.45, 2.75) is 6.42 Å². The summed E-state index contributed by atoms with van der Waals surface area (Å²) in [5.41, 5.74) is 6.61. The topological polar surface area (TPSA) is 92.4 Å². The van der Waals surface area contributed by atoms with Crippen LogP contribution in [0.4, 0.5) is 0 Å². The minimum atomic E-state index is -0.186. The van der Waals surface area contributed by atoms with E-state index >= 15 is 0 Å². The zero-order valence-electron chi connectivity index (χ0n) is 10.8. The van der Waals surface area contributed by atoms with Gasteiger partial charge in [-0.25, -0.2) is 4.99 Å². The lowest BCUT2D eigenvalue weighted by molar-refractivity contribution is -0.119. The van der Waals surface area contributed by atoms with Crippen LogP contribution >= 0.6 is 0 Å². The van der Waals surface area contributed by atoms with E-state index in [4.69, 9.17) is 5.73 Å². The number of nitrogens with zero attached hydrogens (tertiary/aromatic N) is 2. The van der Waals surface area contributed by atoms with Gasteiger partial charge in [0.1, 0.15) is 6.54 Å². The molecule has 0 saturated heterocycles. The number of carbonyl (C=O) groups excluding carboxylic acids is 1. The number of carbonyl (C=O) groups is 1. The lowest BCUT2D eigenvalue weighted by atomic mass is 10.3. The van der Waals surface area contributed by atoms with Gasteiger partial charge in [0.25, 0.3) is 0 Å². The van der Waals surface area contributed by atoms with Gasteiger partial charge in [0.05, 0.1) is 0 Å². The second-order valence-corrected chi connectivity index (χ2v) is 3.79. The molecule has 1 amide bonds. The first-order chi connectivity index (χ1) is 9.22. The Kier molecular flexibility index (Phi) is 6.71. The Morgan fingerprint density at radius 1 is 1.47 bits per heavy atom. The number of guanidine groups is 1. The zero-order valence-corrected chi connectivity index (χ0v) is 10.8. The molecular formula is C13H19N5O. The van der Waals surface area contributed by atoms with E-state index in [0.717, 1.165) is 12.1 Å². The van der Waals surface area contributed by atoms with Gasteiger partial charge in [0.2, 0.25) is 5.91 Å². The van der Waals surface area contributed by atoms with Crippen molar-refractivity contribution in [1.29, 1.82) is 0 Å². The van der Waals surface area contributed by atoms with Crippen LogP contribution in [0.3, 0.4) is 0 Å². The minimum Gasteiger partial charge on any atom is -0.370 e. The molecule has 0 atom stereocenters. The first-order valence-corrected chi connectivity index (χ1v) is 6.03. The van der Waals surface area contributed by atoms with Gasteiger partial charge in [-0.2, -0.15) is 0 Å². The Morgan fingerprint density at radius 2 is 2.32 bits per heavy atom. The van der Waals surface area contributed by atoms with Crippen LogP contribution in [0.2, 0.25) is 0 Å². The number of hydrogen-bond donors (Lipinski definition) is 3. The summed E-state index contributed by atoms with van der Waals surface area (Å²) in [6, 6.07) is 5.75. The van der Waals surface area contributed by atoms with Gasteiger partial charge >= 0.3 is 0 Å². The van der Waals surface area contributed by atoms with Crippen LogP contribution in [0.5, 0.6) is 0 Å². The van der Waals surface area contributed by atoms with Crippen LogP contribution in [0.1, 0.15) is 5.69 Å². The summed E-state index contributed by atoms with van der Waals surface area (Å²) in [6.07, 6.45) is 4.10. The predicted octanol–water partition coefficient (Wildman–Crippen LogP) is -0.169. The fourth-order valence-electron chi connectivity index (χ4n) is 1.32. The zero-order chi connectivity index (χ0) is 13.9. The molecule has 1 rings (SSSR count). The molecule has 0 aromatic carbocycles. The van der Waals surface area contributed by atoms with E-state index in [-0.39, 0.29) is 18.4 Å². The second kappa shape index (κ2) is 8.68. The Hall–Kier alpha value is -2.37. The molecule has 6 nitrogen and oxygen atoms in total. The fourth-order valence-corrected chi connectivity index (χ4v) is 1.32. The standard InChI is InChI=1S/C13H19N5O/c1-2-7-16-12(19)10-18-13(14)17-9-6-11-5-3-4-8-15-11/h2-5,8H,1,6-7,9-10H2,(H,16,19)(H3,14,17,18). The van der Waals surface area contributed by atoms with Gasteiger partial charge in [-0.05, 0) is 12.1 Å². The van der Waals surface area contributed by atoms with Crippen molar-refractivity contribution in [3.63, 3.8) is 0 Å². The van der Waals surface area contributed by atoms with Crippen molar-refractivity contribution < 1.29 is 4.79 Å². The van der Waals surface area contributed by atoms with Crippen molar-refractivity contribution in [3.05, 3.63) is 42.7 Å². The number of nitrogens with one attached hydrogen (secondary N) is 2. The summed E-state index contributed by atoms with van der Waals surface area (Å²) in [6.45, 7) is 4.57. The summed E-state index contributed by atoms with van der Waals surface area (Å²) < 4.78 is 0. The summed E-state index contributed by atoms with van der Waals surface area (Å²) >= 11 is 0. The fraction of sp³-hybridized carbons (Fsp3) is 0.308. The lowest BCUT2D eigenvalue weighted by Crippen LogP contribution is -2.35. The molecule has 0 unspecified atom stereocenters. The maximum Gasteiger partial charge on any atom is 0.242 e. The molecule has 0 spiro atoms. The van der Waals surface area contributed by atoms with Gasteiger partial charge in [0, 0.05) is 31.4 Å². The van der Waals surface area contributed by atoms with Gasteiger partial charge in [-0.3, -0.25) is 9.78 Å². The number of amides is 1. The molecule has 4 N–H and O–H groups in total. The molecule has 0 bridgehead atoms. The molecule has 102 valence electrons. The largest absolute Gasteiger partial charge is 0.370 e. The van der Waals surface area contributed by atoms with Crippen LogP contribution in [-0.2, 0) is 11.2 Å². The summed E-state index contributed by atoms with van der Waals surface area (Å²) in [7, 11) is 0. The highest BCUT2D eigenvalue weighted by Crippen LogP contribution is 1.92.